The molecular weight excluding hydrogens is 298 g/mol. The van der Waals surface area contributed by atoms with Gasteiger partial charge in [0.2, 0.25) is 17.7 Å². The van der Waals surface area contributed by atoms with Gasteiger partial charge in [0.1, 0.15) is 0 Å². The lowest BCUT2D eigenvalue weighted by atomic mass is 9.99. The molecule has 0 saturated carbocycles. The molecule has 0 radical (unpaired) electrons. The van der Waals surface area contributed by atoms with Crippen LogP contribution in [-0.2, 0) is 0 Å². The zero-order valence-electron chi connectivity index (χ0n) is 12.2. The van der Waals surface area contributed by atoms with E-state index in [2.05, 4.69) is 0 Å². The van der Waals surface area contributed by atoms with Crippen LogP contribution in [-0.4, -0.2) is 17.7 Å². The average molecular weight is 315 g/mol. The maximum Gasteiger partial charge on any atom is 0.250 e. The first-order valence-corrected chi connectivity index (χ1v) is 6.38. The van der Waals surface area contributed by atoms with Crippen LogP contribution < -0.4 is 28.7 Å². The molecule has 0 aliphatic rings. The van der Waals surface area contributed by atoms with Crippen molar-refractivity contribution >= 4 is 29.1 Å². The number of primary amides is 3. The molecule has 8 nitrogen and oxygen atoms in total. The highest BCUT2D eigenvalue weighted by Gasteiger charge is 2.19. The number of carbonyl (C=O) groups is 3. The summed E-state index contributed by atoms with van der Waals surface area (Å²) in [4.78, 5) is 33.0. The number of hydrogen-bond donors (Lipinski definition) is 5. The largest absolute Gasteiger partial charge is 0.397 e. The summed E-state index contributed by atoms with van der Waals surface area (Å²) in [7, 11) is 0. The van der Waals surface area contributed by atoms with Crippen LogP contribution in [0.5, 0.6) is 0 Å². The molecule has 2 aromatic carbocycles. The van der Waals surface area contributed by atoms with Crippen LogP contribution in [0.4, 0.5) is 11.4 Å². The van der Waals surface area contributed by atoms with Gasteiger partial charge in [-0.15, -0.1) is 0 Å². The zero-order valence-corrected chi connectivity index (χ0v) is 12.2. The monoisotopic (exact) mass is 315 g/mol. The van der Waals surface area contributed by atoms with Crippen LogP contribution in [0.2, 0.25) is 0 Å². The molecule has 10 N–H and O–H groups in total. The fourth-order valence-corrected chi connectivity index (χ4v) is 1.74. The lowest BCUT2D eigenvalue weighted by Crippen LogP contribution is -2.25. The van der Waals surface area contributed by atoms with Crippen molar-refractivity contribution in [1.82, 2.24) is 0 Å². The van der Waals surface area contributed by atoms with Gasteiger partial charge in [0.05, 0.1) is 28.1 Å². The molecule has 2 rings (SSSR count). The molecule has 23 heavy (non-hydrogen) atoms. The fraction of sp³-hybridized carbons (Fsp3) is 0. The molecule has 2 aromatic rings. The molecule has 3 amide bonds. The van der Waals surface area contributed by atoms with Crippen LogP contribution >= 0.6 is 0 Å². The SMILES string of the molecule is NC(=O)c1cccc(C(N)=O)c1C(N)=O.Nc1ccccc1N. The standard InChI is InChI=1S/C9H9N3O3.C6H8N2/c10-7(13)4-2-1-3-5(8(11)14)6(4)9(12)15;7-5-3-1-2-4-6(5)8/h1-3H,(H2,10,13)(H2,11,14)(H2,12,15);1-4H,7-8H2. The van der Waals surface area contributed by atoms with Gasteiger partial charge in [-0.2, -0.15) is 0 Å². The van der Waals surface area contributed by atoms with Crippen molar-refractivity contribution in [2.75, 3.05) is 11.5 Å². The number of para-hydroxylation sites is 2. The summed E-state index contributed by atoms with van der Waals surface area (Å²) in [5.74, 6) is -2.60. The maximum absolute atomic E-state index is 11.1. The first-order chi connectivity index (χ1) is 10.8. The Morgan fingerprint density at radius 2 is 1.00 bits per heavy atom. The van der Waals surface area contributed by atoms with Crippen molar-refractivity contribution in [3.8, 4) is 0 Å². The second-order valence-corrected chi connectivity index (χ2v) is 4.45. The minimum absolute atomic E-state index is 0.112. The predicted molar refractivity (Wildman–Crippen MR) is 87.3 cm³/mol. The Labute approximate surface area is 132 Å². The van der Waals surface area contributed by atoms with E-state index in [1.165, 1.54) is 18.2 Å². The second kappa shape index (κ2) is 7.46. The average Bonchev–Trinajstić information content (AvgIpc) is 2.50. The van der Waals surface area contributed by atoms with Crippen LogP contribution in [0.3, 0.4) is 0 Å². The Kier molecular flexibility index (Phi) is 5.67. The highest BCUT2D eigenvalue weighted by molar-refractivity contribution is 6.13. The van der Waals surface area contributed by atoms with E-state index in [9.17, 15) is 14.4 Å². The number of hydrogen-bond acceptors (Lipinski definition) is 5. The van der Waals surface area contributed by atoms with Crippen molar-refractivity contribution in [3.63, 3.8) is 0 Å². The predicted octanol–water partition coefficient (Wildman–Crippen LogP) is -0.166. The number of anilines is 2. The van der Waals surface area contributed by atoms with E-state index in [-0.39, 0.29) is 16.7 Å². The summed E-state index contributed by atoms with van der Waals surface area (Å²) in [5, 5.41) is 0. The third kappa shape index (κ3) is 4.46. The summed E-state index contributed by atoms with van der Waals surface area (Å²) in [6.07, 6.45) is 0. The molecule has 0 unspecified atom stereocenters. The number of rotatable bonds is 3. The molecular formula is C15H17N5O3. The Balaban J connectivity index is 0.000000277. The smallest absolute Gasteiger partial charge is 0.250 e. The number of nitrogen functional groups attached to an aromatic ring is 2. The van der Waals surface area contributed by atoms with E-state index in [1.807, 2.05) is 12.1 Å². The summed E-state index contributed by atoms with van der Waals surface area (Å²) < 4.78 is 0. The lowest BCUT2D eigenvalue weighted by molar-refractivity contribution is 0.0954. The molecule has 0 aliphatic carbocycles. The third-order valence-electron chi connectivity index (χ3n) is 2.84. The maximum atomic E-state index is 11.1. The Morgan fingerprint density at radius 1 is 0.609 bits per heavy atom. The van der Waals surface area contributed by atoms with Gasteiger partial charge in [0.25, 0.3) is 0 Å². The van der Waals surface area contributed by atoms with Gasteiger partial charge in [-0.25, -0.2) is 0 Å². The molecule has 0 aromatic heterocycles. The van der Waals surface area contributed by atoms with Crippen LogP contribution in [0.15, 0.2) is 42.5 Å². The van der Waals surface area contributed by atoms with E-state index in [0.29, 0.717) is 11.4 Å². The zero-order chi connectivity index (χ0) is 17.6. The quantitative estimate of drug-likeness (QED) is 0.492. The third-order valence-corrected chi connectivity index (χ3v) is 2.84. The lowest BCUT2D eigenvalue weighted by Gasteiger charge is -2.06. The number of amides is 3. The van der Waals surface area contributed by atoms with Crippen LogP contribution in [0.25, 0.3) is 0 Å². The van der Waals surface area contributed by atoms with Crippen LogP contribution in [0.1, 0.15) is 31.1 Å². The van der Waals surface area contributed by atoms with Crippen molar-refractivity contribution in [1.29, 1.82) is 0 Å². The molecule has 0 spiro atoms. The minimum atomic E-state index is -0.918. The van der Waals surface area contributed by atoms with Gasteiger partial charge >= 0.3 is 0 Å². The Hall–Kier alpha value is -3.55. The van der Waals surface area contributed by atoms with Gasteiger partial charge < -0.3 is 28.7 Å². The Bertz CT molecular complexity index is 705. The summed E-state index contributed by atoms with van der Waals surface area (Å²) >= 11 is 0. The van der Waals surface area contributed by atoms with Crippen molar-refractivity contribution < 1.29 is 14.4 Å². The second-order valence-electron chi connectivity index (χ2n) is 4.45. The van der Waals surface area contributed by atoms with Gasteiger partial charge in [0, 0.05) is 0 Å². The topological polar surface area (TPSA) is 181 Å². The summed E-state index contributed by atoms with van der Waals surface area (Å²) in [5.41, 5.74) is 26.7. The number of nitrogens with two attached hydrogens (primary N) is 5. The van der Waals surface area contributed by atoms with Gasteiger partial charge in [-0.3, -0.25) is 14.4 Å². The van der Waals surface area contributed by atoms with Crippen LogP contribution in [0, 0.1) is 0 Å². The number of carbonyl (C=O) groups excluding carboxylic acids is 3. The normalized spacial score (nSPS) is 9.39. The summed E-state index contributed by atoms with van der Waals surface area (Å²) in [6.45, 7) is 0. The molecule has 0 saturated heterocycles. The van der Waals surface area contributed by atoms with E-state index in [0.717, 1.165) is 0 Å². The van der Waals surface area contributed by atoms with Crippen molar-refractivity contribution in [2.45, 2.75) is 0 Å². The Morgan fingerprint density at radius 3 is 1.26 bits per heavy atom. The molecule has 0 atom stereocenters. The minimum Gasteiger partial charge on any atom is -0.397 e. The molecule has 0 aliphatic heterocycles. The first kappa shape index (κ1) is 17.5. The van der Waals surface area contributed by atoms with E-state index in [1.54, 1.807) is 12.1 Å². The fourth-order valence-electron chi connectivity index (χ4n) is 1.74. The molecule has 0 fully saturated rings. The summed E-state index contributed by atoms with van der Waals surface area (Å²) in [6, 6.07) is 11.2. The van der Waals surface area contributed by atoms with E-state index >= 15 is 0 Å². The number of benzene rings is 2. The molecule has 0 bridgehead atoms. The molecule has 8 heteroatoms. The molecule has 120 valence electrons. The highest BCUT2D eigenvalue weighted by Crippen LogP contribution is 2.13. The highest BCUT2D eigenvalue weighted by atomic mass is 16.2. The molecule has 0 heterocycles. The van der Waals surface area contributed by atoms with Gasteiger partial charge in [-0.05, 0) is 24.3 Å². The first-order valence-electron chi connectivity index (χ1n) is 6.38. The van der Waals surface area contributed by atoms with E-state index in [4.69, 9.17) is 28.7 Å². The van der Waals surface area contributed by atoms with E-state index < -0.39 is 17.7 Å². The van der Waals surface area contributed by atoms with Crippen molar-refractivity contribution in [2.24, 2.45) is 17.2 Å². The van der Waals surface area contributed by atoms with Crippen molar-refractivity contribution in [3.05, 3.63) is 59.2 Å². The van der Waals surface area contributed by atoms with Gasteiger partial charge in [0.15, 0.2) is 0 Å². The van der Waals surface area contributed by atoms with Gasteiger partial charge in [-0.1, -0.05) is 18.2 Å².